The zero-order chi connectivity index (χ0) is 20.2. The average Bonchev–Trinajstić information content (AvgIpc) is 3.29. The molecule has 0 saturated carbocycles. The number of β-amino-alcohol motifs (C(OH)–C–C–N with tert-alkyl or cyclic N) is 1. The molecule has 0 aliphatic carbocycles. The van der Waals surface area contributed by atoms with E-state index < -0.39 is 11.8 Å². The molecular formula is C21H19N5O3. The summed E-state index contributed by atoms with van der Waals surface area (Å²) in [6, 6.07) is 17.4. The molecule has 2 N–H and O–H groups in total. The van der Waals surface area contributed by atoms with Crippen LogP contribution in [0.25, 0.3) is 11.4 Å². The van der Waals surface area contributed by atoms with E-state index >= 15 is 0 Å². The quantitative estimate of drug-likeness (QED) is 0.596. The molecule has 1 aromatic heterocycles. The molecule has 146 valence electrons. The maximum Gasteiger partial charge on any atom is 0.277 e. The first-order valence-electron chi connectivity index (χ1n) is 9.13. The van der Waals surface area contributed by atoms with Crippen molar-refractivity contribution < 1.29 is 14.7 Å². The number of benzene rings is 2. The van der Waals surface area contributed by atoms with Crippen molar-refractivity contribution in [3.05, 3.63) is 78.3 Å². The number of nitrogens with one attached hydrogen (secondary N) is 1. The lowest BCUT2D eigenvalue weighted by Crippen LogP contribution is -2.34. The van der Waals surface area contributed by atoms with E-state index in [-0.39, 0.29) is 18.8 Å². The molecule has 0 radical (unpaired) electrons. The van der Waals surface area contributed by atoms with Crippen LogP contribution in [0.3, 0.4) is 0 Å². The van der Waals surface area contributed by atoms with Crippen molar-refractivity contribution in [2.75, 3.05) is 18.5 Å². The second-order valence-electron chi connectivity index (χ2n) is 6.55. The molecule has 2 amide bonds. The molecule has 4 rings (SSSR count). The van der Waals surface area contributed by atoms with Crippen molar-refractivity contribution in [2.45, 2.75) is 6.54 Å². The maximum atomic E-state index is 12.2. The molecule has 0 bridgehead atoms. The zero-order valence-electron chi connectivity index (χ0n) is 15.5. The molecule has 8 nitrogen and oxygen atoms in total. The van der Waals surface area contributed by atoms with Crippen molar-refractivity contribution >= 4 is 17.5 Å². The molecule has 2 aromatic carbocycles. The molecule has 29 heavy (non-hydrogen) atoms. The number of hydrogen-bond donors (Lipinski definition) is 2. The van der Waals surface area contributed by atoms with Gasteiger partial charge in [-0.25, -0.2) is 0 Å². The van der Waals surface area contributed by atoms with Gasteiger partial charge in [0, 0.05) is 17.3 Å². The van der Waals surface area contributed by atoms with Gasteiger partial charge in [0.15, 0.2) is 5.82 Å². The van der Waals surface area contributed by atoms with Gasteiger partial charge in [-0.1, -0.05) is 30.3 Å². The summed E-state index contributed by atoms with van der Waals surface area (Å²) in [5.41, 5.74) is 2.88. The van der Waals surface area contributed by atoms with Crippen LogP contribution in [0.1, 0.15) is 5.56 Å². The van der Waals surface area contributed by atoms with Gasteiger partial charge < -0.3 is 15.0 Å². The summed E-state index contributed by atoms with van der Waals surface area (Å²) in [6.07, 6.45) is 2.93. The van der Waals surface area contributed by atoms with Crippen LogP contribution in [-0.4, -0.2) is 49.7 Å². The molecule has 0 spiro atoms. The zero-order valence-corrected chi connectivity index (χ0v) is 15.5. The molecule has 0 fully saturated rings. The van der Waals surface area contributed by atoms with E-state index in [2.05, 4.69) is 15.5 Å². The minimum atomic E-state index is -0.448. The van der Waals surface area contributed by atoms with Gasteiger partial charge in [0.05, 0.1) is 19.7 Å². The van der Waals surface area contributed by atoms with Gasteiger partial charge >= 0.3 is 0 Å². The Morgan fingerprint density at radius 1 is 1.00 bits per heavy atom. The molecule has 8 heteroatoms. The fourth-order valence-electron chi connectivity index (χ4n) is 3.14. The van der Waals surface area contributed by atoms with E-state index in [0.29, 0.717) is 12.2 Å². The lowest BCUT2D eigenvalue weighted by Gasteiger charge is -2.13. The van der Waals surface area contributed by atoms with Crippen LogP contribution in [0.15, 0.2) is 72.7 Å². The minimum absolute atomic E-state index is 0.0185. The number of anilines is 1. The Bertz CT molecular complexity index is 1060. The number of nitrogens with zero attached hydrogens (tertiary/aromatic N) is 4. The number of imide groups is 1. The van der Waals surface area contributed by atoms with Gasteiger partial charge in [-0.2, -0.15) is 0 Å². The largest absolute Gasteiger partial charge is 0.395 e. The summed E-state index contributed by atoms with van der Waals surface area (Å²) in [5, 5.41) is 20.2. The summed E-state index contributed by atoms with van der Waals surface area (Å²) in [6.45, 7) is 0.375. The van der Waals surface area contributed by atoms with E-state index in [0.717, 1.165) is 21.9 Å². The van der Waals surface area contributed by atoms with Crippen LogP contribution < -0.4 is 5.32 Å². The average molecular weight is 389 g/mol. The van der Waals surface area contributed by atoms with Crippen LogP contribution in [0, 0.1) is 0 Å². The number of aromatic nitrogens is 3. The van der Waals surface area contributed by atoms with E-state index in [1.165, 1.54) is 6.08 Å². The van der Waals surface area contributed by atoms with Crippen molar-refractivity contribution in [3.63, 3.8) is 0 Å². The highest BCUT2D eigenvalue weighted by Gasteiger charge is 2.30. The van der Waals surface area contributed by atoms with Crippen LogP contribution in [0.2, 0.25) is 0 Å². The smallest absolute Gasteiger partial charge is 0.277 e. The van der Waals surface area contributed by atoms with Gasteiger partial charge in [-0.3, -0.25) is 14.5 Å². The van der Waals surface area contributed by atoms with Crippen molar-refractivity contribution in [1.29, 1.82) is 0 Å². The fraction of sp³-hybridized carbons (Fsp3) is 0.143. The predicted molar refractivity (Wildman–Crippen MR) is 107 cm³/mol. The predicted octanol–water partition coefficient (Wildman–Crippen LogP) is 1.65. The van der Waals surface area contributed by atoms with E-state index in [1.54, 1.807) is 6.33 Å². The van der Waals surface area contributed by atoms with Crippen LogP contribution >= 0.6 is 0 Å². The van der Waals surface area contributed by atoms with E-state index in [9.17, 15) is 9.59 Å². The van der Waals surface area contributed by atoms with E-state index in [4.69, 9.17) is 5.11 Å². The lowest BCUT2D eigenvalue weighted by atomic mass is 10.1. The third kappa shape index (κ3) is 3.92. The highest BCUT2D eigenvalue weighted by Crippen LogP contribution is 2.22. The molecule has 0 unspecified atom stereocenters. The summed E-state index contributed by atoms with van der Waals surface area (Å²) >= 11 is 0. The number of aliphatic hydroxyl groups excluding tert-OH is 1. The van der Waals surface area contributed by atoms with Crippen molar-refractivity contribution in [1.82, 2.24) is 19.7 Å². The molecule has 1 aliphatic rings. The Morgan fingerprint density at radius 3 is 2.48 bits per heavy atom. The third-order valence-electron chi connectivity index (χ3n) is 4.57. The Hall–Kier alpha value is -3.78. The Kier molecular flexibility index (Phi) is 5.17. The topological polar surface area (TPSA) is 100 Å². The first-order valence-corrected chi connectivity index (χ1v) is 9.13. The highest BCUT2D eigenvalue weighted by molar-refractivity contribution is 6.17. The van der Waals surface area contributed by atoms with Crippen molar-refractivity contribution in [2.24, 2.45) is 0 Å². The standard InChI is InChI=1S/C21H19N5O3/c27-11-10-26-19(28)12-18(21(26)29)23-17-8-6-16(7-9-17)20-24-22-14-25(20)13-15-4-2-1-3-5-15/h1-9,12,14,23,27H,10-11,13H2. The number of carbonyl (C=O) groups is 2. The monoisotopic (exact) mass is 389 g/mol. The molecule has 1 aliphatic heterocycles. The Balaban J connectivity index is 1.48. The van der Waals surface area contributed by atoms with Gasteiger partial charge in [-0.15, -0.1) is 10.2 Å². The Labute approximate surface area is 167 Å². The third-order valence-corrected chi connectivity index (χ3v) is 4.57. The van der Waals surface area contributed by atoms with Gasteiger partial charge in [-0.05, 0) is 29.8 Å². The summed E-state index contributed by atoms with van der Waals surface area (Å²) in [4.78, 5) is 25.1. The van der Waals surface area contributed by atoms with Crippen molar-refractivity contribution in [3.8, 4) is 11.4 Å². The summed E-state index contributed by atoms with van der Waals surface area (Å²) < 4.78 is 1.96. The SMILES string of the molecule is O=C1C=C(Nc2ccc(-c3nncn3Cc3ccccc3)cc2)C(=O)N1CCO. The van der Waals surface area contributed by atoms with E-state index in [1.807, 2.05) is 59.2 Å². The Morgan fingerprint density at radius 2 is 1.76 bits per heavy atom. The maximum absolute atomic E-state index is 12.2. The number of amides is 2. The van der Waals surface area contributed by atoms with Crippen LogP contribution in [0.5, 0.6) is 0 Å². The molecule has 0 atom stereocenters. The number of hydrogen-bond acceptors (Lipinski definition) is 6. The minimum Gasteiger partial charge on any atom is -0.395 e. The van der Waals surface area contributed by atoms with Gasteiger partial charge in [0.1, 0.15) is 12.0 Å². The van der Waals surface area contributed by atoms with Crippen LogP contribution in [0.4, 0.5) is 5.69 Å². The van der Waals surface area contributed by atoms with Gasteiger partial charge in [0.25, 0.3) is 11.8 Å². The lowest BCUT2D eigenvalue weighted by molar-refractivity contribution is -0.137. The molecule has 3 aromatic rings. The fourth-order valence-corrected chi connectivity index (χ4v) is 3.14. The first kappa shape index (κ1) is 18.6. The first-order chi connectivity index (χ1) is 14.2. The summed E-state index contributed by atoms with van der Waals surface area (Å²) in [7, 11) is 0. The highest BCUT2D eigenvalue weighted by atomic mass is 16.3. The molecule has 2 heterocycles. The molecular weight excluding hydrogens is 370 g/mol. The second kappa shape index (κ2) is 8.07. The summed E-state index contributed by atoms with van der Waals surface area (Å²) in [5.74, 6) is -0.145. The number of aliphatic hydroxyl groups is 1. The molecule has 0 saturated heterocycles. The number of carbonyl (C=O) groups excluding carboxylic acids is 2. The van der Waals surface area contributed by atoms with Crippen LogP contribution in [-0.2, 0) is 16.1 Å². The second-order valence-corrected chi connectivity index (χ2v) is 6.55. The van der Waals surface area contributed by atoms with Gasteiger partial charge in [0.2, 0.25) is 0 Å². The number of rotatable bonds is 7. The normalized spacial score (nSPS) is 13.7.